The molecule has 1 N–H and O–H groups in total. The van der Waals surface area contributed by atoms with Crippen LogP contribution >= 0.6 is 0 Å². The first kappa shape index (κ1) is 17.6. The summed E-state index contributed by atoms with van der Waals surface area (Å²) in [7, 11) is 1.69. The van der Waals surface area contributed by atoms with Crippen molar-refractivity contribution in [2.24, 2.45) is 0 Å². The first-order chi connectivity index (χ1) is 12.3. The van der Waals surface area contributed by atoms with E-state index >= 15 is 0 Å². The number of ether oxygens (including phenoxy) is 2. The van der Waals surface area contributed by atoms with Gasteiger partial charge in [0.15, 0.2) is 11.5 Å². The lowest BCUT2D eigenvalue weighted by Gasteiger charge is -2.21. The normalized spacial score (nSPS) is 17.9. The minimum absolute atomic E-state index is 0.147. The monoisotopic (exact) mass is 337 g/mol. The van der Waals surface area contributed by atoms with E-state index in [1.54, 1.807) is 7.11 Å². The number of allylic oxidation sites excluding steroid dienone is 1. The summed E-state index contributed by atoms with van der Waals surface area (Å²) in [6.45, 7) is 2.97. The van der Waals surface area contributed by atoms with Gasteiger partial charge < -0.3 is 14.8 Å². The first-order valence-corrected chi connectivity index (χ1v) is 9.05. The van der Waals surface area contributed by atoms with Crippen molar-refractivity contribution in [1.29, 1.82) is 0 Å². The van der Waals surface area contributed by atoms with E-state index in [-0.39, 0.29) is 6.10 Å². The molecule has 3 nitrogen and oxygen atoms in total. The molecule has 25 heavy (non-hydrogen) atoms. The summed E-state index contributed by atoms with van der Waals surface area (Å²) in [6.07, 6.45) is 7.90. The highest BCUT2D eigenvalue weighted by Crippen LogP contribution is 2.31. The molecule has 0 saturated heterocycles. The number of rotatable bonds is 7. The second-order valence-electron chi connectivity index (χ2n) is 6.51. The smallest absolute Gasteiger partial charge is 0.162 e. The molecule has 0 saturated carbocycles. The molecular formula is C22H27NO2. The minimum Gasteiger partial charge on any atom is -0.493 e. The van der Waals surface area contributed by atoms with Crippen LogP contribution in [0.15, 0.2) is 60.7 Å². The zero-order chi connectivity index (χ0) is 17.5. The molecule has 0 amide bonds. The van der Waals surface area contributed by atoms with Gasteiger partial charge >= 0.3 is 0 Å². The fourth-order valence-corrected chi connectivity index (χ4v) is 3.10. The summed E-state index contributed by atoms with van der Waals surface area (Å²) in [5, 5.41) is 3.57. The molecule has 0 aromatic heterocycles. The molecule has 1 aliphatic carbocycles. The predicted octanol–water partition coefficient (Wildman–Crippen LogP) is 5.03. The Morgan fingerprint density at radius 3 is 2.68 bits per heavy atom. The van der Waals surface area contributed by atoms with Crippen LogP contribution in [0, 0.1) is 0 Å². The SMILES string of the molecule is COc1ccc(CNC(C)c2ccccc2)cc1O[C@H]1C=CCCC1. The van der Waals surface area contributed by atoms with Crippen LogP contribution in [0.2, 0.25) is 0 Å². The summed E-state index contributed by atoms with van der Waals surface area (Å²) < 4.78 is 11.6. The predicted molar refractivity (Wildman–Crippen MR) is 102 cm³/mol. The third kappa shape index (κ3) is 4.86. The minimum atomic E-state index is 0.147. The van der Waals surface area contributed by atoms with Gasteiger partial charge in [-0.3, -0.25) is 0 Å². The Morgan fingerprint density at radius 2 is 1.96 bits per heavy atom. The van der Waals surface area contributed by atoms with E-state index in [4.69, 9.17) is 9.47 Å². The average molecular weight is 337 g/mol. The largest absolute Gasteiger partial charge is 0.493 e. The lowest BCUT2D eigenvalue weighted by atomic mass is 10.1. The van der Waals surface area contributed by atoms with E-state index in [9.17, 15) is 0 Å². The molecule has 0 radical (unpaired) electrons. The molecule has 1 aliphatic rings. The van der Waals surface area contributed by atoms with Gasteiger partial charge in [0.2, 0.25) is 0 Å². The van der Waals surface area contributed by atoms with E-state index in [1.807, 2.05) is 12.1 Å². The van der Waals surface area contributed by atoms with Crippen LogP contribution in [0.25, 0.3) is 0 Å². The van der Waals surface area contributed by atoms with Crippen LogP contribution in [0.5, 0.6) is 11.5 Å². The van der Waals surface area contributed by atoms with Crippen LogP contribution < -0.4 is 14.8 Å². The summed E-state index contributed by atoms with van der Waals surface area (Å²) in [5.74, 6) is 1.62. The molecule has 2 atom stereocenters. The van der Waals surface area contributed by atoms with Crippen molar-refractivity contribution in [2.75, 3.05) is 7.11 Å². The van der Waals surface area contributed by atoms with Gasteiger partial charge in [0.25, 0.3) is 0 Å². The van der Waals surface area contributed by atoms with Gasteiger partial charge in [0.1, 0.15) is 6.10 Å². The Kier molecular flexibility index (Phi) is 6.13. The van der Waals surface area contributed by atoms with Gasteiger partial charge in [-0.15, -0.1) is 0 Å². The molecule has 2 aromatic rings. The zero-order valence-electron chi connectivity index (χ0n) is 15.1. The molecule has 1 unspecified atom stereocenters. The maximum absolute atomic E-state index is 6.17. The van der Waals surface area contributed by atoms with Crippen molar-refractivity contribution in [2.45, 2.75) is 44.9 Å². The van der Waals surface area contributed by atoms with Crippen LogP contribution in [0.4, 0.5) is 0 Å². The fraction of sp³-hybridized carbons (Fsp3) is 0.364. The number of benzene rings is 2. The quantitative estimate of drug-likeness (QED) is 0.719. The number of hydrogen-bond donors (Lipinski definition) is 1. The molecule has 0 spiro atoms. The van der Waals surface area contributed by atoms with E-state index < -0.39 is 0 Å². The van der Waals surface area contributed by atoms with Crippen molar-refractivity contribution in [3.05, 3.63) is 71.8 Å². The highest BCUT2D eigenvalue weighted by molar-refractivity contribution is 5.43. The van der Waals surface area contributed by atoms with Gasteiger partial charge in [-0.2, -0.15) is 0 Å². The Bertz CT molecular complexity index is 696. The molecule has 3 heteroatoms. The second-order valence-corrected chi connectivity index (χ2v) is 6.51. The second kappa shape index (κ2) is 8.72. The van der Waals surface area contributed by atoms with E-state index in [0.29, 0.717) is 6.04 Å². The highest BCUT2D eigenvalue weighted by Gasteiger charge is 2.14. The van der Waals surface area contributed by atoms with Crippen LogP contribution in [0.1, 0.15) is 43.4 Å². The van der Waals surface area contributed by atoms with Gasteiger partial charge in [0.05, 0.1) is 7.11 Å². The van der Waals surface area contributed by atoms with E-state index in [1.165, 1.54) is 17.5 Å². The fourth-order valence-electron chi connectivity index (χ4n) is 3.10. The highest BCUT2D eigenvalue weighted by atomic mass is 16.5. The molecule has 132 valence electrons. The summed E-state index contributed by atoms with van der Waals surface area (Å²) >= 11 is 0. The third-order valence-electron chi connectivity index (χ3n) is 4.63. The summed E-state index contributed by atoms with van der Waals surface area (Å²) in [5.41, 5.74) is 2.48. The number of hydrogen-bond acceptors (Lipinski definition) is 3. The van der Waals surface area contributed by atoms with E-state index in [2.05, 4.69) is 60.8 Å². The maximum Gasteiger partial charge on any atom is 0.162 e. The van der Waals surface area contributed by atoms with Crippen molar-refractivity contribution in [1.82, 2.24) is 5.32 Å². The Morgan fingerprint density at radius 1 is 1.12 bits per heavy atom. The molecule has 3 rings (SSSR count). The Labute approximate surface area is 150 Å². The van der Waals surface area contributed by atoms with Crippen LogP contribution in [0.3, 0.4) is 0 Å². The molecule has 2 aromatic carbocycles. The van der Waals surface area contributed by atoms with Crippen molar-refractivity contribution in [3.8, 4) is 11.5 Å². The van der Waals surface area contributed by atoms with Crippen LogP contribution in [-0.4, -0.2) is 13.2 Å². The average Bonchev–Trinajstić information content (AvgIpc) is 2.68. The van der Waals surface area contributed by atoms with E-state index in [0.717, 1.165) is 30.9 Å². The summed E-state index contributed by atoms with van der Waals surface area (Å²) in [6, 6.07) is 17.0. The molecule has 0 heterocycles. The third-order valence-corrected chi connectivity index (χ3v) is 4.63. The lowest BCUT2D eigenvalue weighted by molar-refractivity contribution is 0.219. The topological polar surface area (TPSA) is 30.5 Å². The number of nitrogens with one attached hydrogen (secondary N) is 1. The first-order valence-electron chi connectivity index (χ1n) is 9.05. The summed E-state index contributed by atoms with van der Waals surface area (Å²) in [4.78, 5) is 0. The zero-order valence-corrected chi connectivity index (χ0v) is 15.1. The molecular weight excluding hydrogens is 310 g/mol. The standard InChI is InChI=1S/C22H27NO2/c1-17(19-9-5-3-6-10-19)23-16-18-13-14-21(24-2)22(15-18)25-20-11-7-4-8-12-20/h3,5-7,9-11,13-15,17,20,23H,4,8,12,16H2,1-2H3/t17?,20-/m0/s1. The van der Waals surface area contributed by atoms with Gasteiger partial charge in [-0.25, -0.2) is 0 Å². The van der Waals surface area contributed by atoms with Crippen molar-refractivity contribution in [3.63, 3.8) is 0 Å². The maximum atomic E-state index is 6.17. The Balaban J connectivity index is 1.66. The van der Waals surface area contributed by atoms with Gasteiger partial charge in [-0.05, 0) is 55.5 Å². The van der Waals surface area contributed by atoms with Crippen molar-refractivity contribution < 1.29 is 9.47 Å². The molecule has 0 aliphatic heterocycles. The molecule has 0 bridgehead atoms. The van der Waals surface area contributed by atoms with Gasteiger partial charge in [0, 0.05) is 12.6 Å². The molecule has 0 fully saturated rings. The number of methoxy groups -OCH3 is 1. The Hall–Kier alpha value is -2.26. The van der Waals surface area contributed by atoms with Crippen molar-refractivity contribution >= 4 is 0 Å². The van der Waals surface area contributed by atoms with Gasteiger partial charge in [-0.1, -0.05) is 42.5 Å². The van der Waals surface area contributed by atoms with Crippen LogP contribution in [-0.2, 0) is 6.54 Å². The lowest BCUT2D eigenvalue weighted by Crippen LogP contribution is -2.19.